The molecule has 1 aromatic heterocycles. The highest BCUT2D eigenvalue weighted by molar-refractivity contribution is 8.00. The minimum absolute atomic E-state index is 0.730. The van der Waals surface area contributed by atoms with E-state index in [4.69, 9.17) is 4.42 Å². The first-order valence-corrected chi connectivity index (χ1v) is 8.93. The van der Waals surface area contributed by atoms with Crippen molar-refractivity contribution in [1.29, 1.82) is 0 Å². The number of benzene rings is 1. The largest absolute Gasteiger partial charge is 0.461 e. The summed E-state index contributed by atoms with van der Waals surface area (Å²) in [5.41, 5.74) is 0.957. The normalized spacial score (nSPS) is 18.8. The van der Waals surface area contributed by atoms with Crippen molar-refractivity contribution < 1.29 is 4.42 Å². The second-order valence-electron chi connectivity index (χ2n) is 5.52. The van der Waals surface area contributed by atoms with Gasteiger partial charge < -0.3 is 15.1 Å². The summed E-state index contributed by atoms with van der Waals surface area (Å²) in [5, 5.41) is 8.66. The predicted octanol–water partition coefficient (Wildman–Crippen LogP) is 3.04. The van der Waals surface area contributed by atoms with Crippen molar-refractivity contribution in [2.45, 2.75) is 24.5 Å². The van der Waals surface area contributed by atoms with E-state index in [0.717, 1.165) is 42.1 Å². The van der Waals surface area contributed by atoms with Crippen LogP contribution in [0.3, 0.4) is 0 Å². The third kappa shape index (κ3) is 3.97. The van der Waals surface area contributed by atoms with E-state index in [9.17, 15) is 0 Å². The lowest BCUT2D eigenvalue weighted by Crippen LogP contribution is -2.40. The summed E-state index contributed by atoms with van der Waals surface area (Å²) >= 11 is 2.06. The maximum absolute atomic E-state index is 5.82. The summed E-state index contributed by atoms with van der Waals surface area (Å²) in [5.74, 6) is 3.18. The number of hydrogen-bond acceptors (Lipinski definition) is 3. The van der Waals surface area contributed by atoms with E-state index in [1.54, 1.807) is 0 Å². The molecule has 0 aliphatic carbocycles. The van der Waals surface area contributed by atoms with Crippen LogP contribution in [0.2, 0.25) is 0 Å². The van der Waals surface area contributed by atoms with E-state index in [2.05, 4.69) is 39.5 Å². The van der Waals surface area contributed by atoms with Gasteiger partial charge in [-0.15, -0.1) is 0 Å². The number of nitrogens with one attached hydrogen (secondary N) is 2. The lowest BCUT2D eigenvalue weighted by atomic mass is 10.2. The fourth-order valence-corrected chi connectivity index (χ4v) is 3.90. The van der Waals surface area contributed by atoms with Gasteiger partial charge in [0.2, 0.25) is 0 Å². The van der Waals surface area contributed by atoms with Crippen LogP contribution in [0, 0.1) is 0 Å². The molecular weight excluding hydrogens is 294 g/mol. The summed E-state index contributed by atoms with van der Waals surface area (Å²) in [6.45, 7) is 1.81. The Kier molecular flexibility index (Phi) is 5.27. The number of aliphatic imine (C=N–C) groups is 1. The van der Waals surface area contributed by atoms with Gasteiger partial charge >= 0.3 is 0 Å². The smallest absolute Gasteiger partial charge is 0.191 e. The SMILES string of the molecule is CN=C(NCCc1cc2ccccc2o1)NCC1CCCS1. The molecule has 4 nitrogen and oxygen atoms in total. The Bertz CT molecular complexity index is 599. The van der Waals surface area contributed by atoms with Gasteiger partial charge in [-0.05, 0) is 30.7 Å². The average Bonchev–Trinajstić information content (AvgIpc) is 3.19. The molecule has 5 heteroatoms. The van der Waals surface area contributed by atoms with Crippen molar-refractivity contribution in [2.75, 3.05) is 25.9 Å². The molecule has 0 bridgehead atoms. The van der Waals surface area contributed by atoms with Crippen molar-refractivity contribution in [3.8, 4) is 0 Å². The Labute approximate surface area is 135 Å². The van der Waals surface area contributed by atoms with Gasteiger partial charge in [-0.2, -0.15) is 11.8 Å². The van der Waals surface area contributed by atoms with Crippen molar-refractivity contribution in [2.24, 2.45) is 4.99 Å². The summed E-state index contributed by atoms with van der Waals surface area (Å²) in [6, 6.07) is 10.2. The standard InChI is InChI=1S/C17H23N3OS/c1-18-17(20-12-15-6-4-10-22-15)19-9-8-14-11-13-5-2-3-7-16(13)21-14/h2-3,5,7,11,15H,4,6,8-10,12H2,1H3,(H2,18,19,20). The van der Waals surface area contributed by atoms with Crippen molar-refractivity contribution in [3.05, 3.63) is 36.1 Å². The van der Waals surface area contributed by atoms with E-state index in [1.165, 1.54) is 24.0 Å². The first-order chi connectivity index (χ1) is 10.8. The molecule has 22 heavy (non-hydrogen) atoms. The molecule has 1 aromatic carbocycles. The van der Waals surface area contributed by atoms with E-state index in [0.29, 0.717) is 0 Å². The molecule has 1 saturated heterocycles. The zero-order valence-electron chi connectivity index (χ0n) is 13.0. The summed E-state index contributed by atoms with van der Waals surface area (Å²) in [6.07, 6.45) is 3.51. The highest BCUT2D eigenvalue weighted by Crippen LogP contribution is 2.25. The predicted molar refractivity (Wildman–Crippen MR) is 94.8 cm³/mol. The Balaban J connectivity index is 1.44. The van der Waals surface area contributed by atoms with Gasteiger partial charge in [0, 0.05) is 37.2 Å². The van der Waals surface area contributed by atoms with E-state index >= 15 is 0 Å². The summed E-state index contributed by atoms with van der Waals surface area (Å²) in [4.78, 5) is 4.28. The van der Waals surface area contributed by atoms with Gasteiger partial charge in [-0.25, -0.2) is 0 Å². The minimum atomic E-state index is 0.730. The van der Waals surface area contributed by atoms with Gasteiger partial charge in [0.25, 0.3) is 0 Å². The summed E-state index contributed by atoms with van der Waals surface area (Å²) < 4.78 is 5.82. The third-order valence-electron chi connectivity index (χ3n) is 3.89. The van der Waals surface area contributed by atoms with Crippen molar-refractivity contribution in [1.82, 2.24) is 10.6 Å². The monoisotopic (exact) mass is 317 g/mol. The van der Waals surface area contributed by atoms with Crippen molar-refractivity contribution >= 4 is 28.7 Å². The molecule has 2 N–H and O–H groups in total. The molecule has 0 saturated carbocycles. The van der Waals surface area contributed by atoms with Gasteiger partial charge in [0.05, 0.1) is 0 Å². The molecule has 1 fully saturated rings. The second-order valence-corrected chi connectivity index (χ2v) is 6.92. The molecule has 1 atom stereocenters. The number of nitrogens with zero attached hydrogens (tertiary/aromatic N) is 1. The maximum Gasteiger partial charge on any atom is 0.191 e. The van der Waals surface area contributed by atoms with Crippen LogP contribution in [0.5, 0.6) is 0 Å². The minimum Gasteiger partial charge on any atom is -0.461 e. The highest BCUT2D eigenvalue weighted by Gasteiger charge is 2.15. The van der Waals surface area contributed by atoms with Crippen LogP contribution in [-0.4, -0.2) is 37.1 Å². The van der Waals surface area contributed by atoms with Crippen LogP contribution in [0.25, 0.3) is 11.0 Å². The Morgan fingerprint density at radius 3 is 3.05 bits per heavy atom. The third-order valence-corrected chi connectivity index (χ3v) is 5.28. The topological polar surface area (TPSA) is 49.6 Å². The molecule has 2 aromatic rings. The lowest BCUT2D eigenvalue weighted by molar-refractivity contribution is 0.544. The van der Waals surface area contributed by atoms with Crippen LogP contribution in [-0.2, 0) is 6.42 Å². The Morgan fingerprint density at radius 1 is 1.36 bits per heavy atom. The zero-order valence-corrected chi connectivity index (χ0v) is 13.8. The number of rotatable bonds is 5. The maximum atomic E-state index is 5.82. The lowest BCUT2D eigenvalue weighted by Gasteiger charge is -2.14. The van der Waals surface area contributed by atoms with E-state index in [1.807, 2.05) is 25.2 Å². The average molecular weight is 317 g/mol. The first kappa shape index (κ1) is 15.3. The number of fused-ring (bicyclic) bond motifs is 1. The molecular formula is C17H23N3OS. The fraction of sp³-hybridized carbons (Fsp3) is 0.471. The zero-order chi connectivity index (χ0) is 15.2. The molecule has 1 aliphatic heterocycles. The molecule has 118 valence electrons. The van der Waals surface area contributed by atoms with Crippen molar-refractivity contribution in [3.63, 3.8) is 0 Å². The molecule has 2 heterocycles. The van der Waals surface area contributed by atoms with Crippen LogP contribution >= 0.6 is 11.8 Å². The number of hydrogen-bond donors (Lipinski definition) is 2. The van der Waals surface area contributed by atoms with Gasteiger partial charge in [-0.3, -0.25) is 4.99 Å². The molecule has 3 rings (SSSR count). The molecule has 1 aliphatic rings. The Morgan fingerprint density at radius 2 is 2.27 bits per heavy atom. The number of guanidine groups is 1. The number of furan rings is 1. The highest BCUT2D eigenvalue weighted by atomic mass is 32.2. The van der Waals surface area contributed by atoms with Crippen LogP contribution in [0.15, 0.2) is 39.7 Å². The van der Waals surface area contributed by atoms with Gasteiger partial charge in [0.15, 0.2) is 5.96 Å². The summed E-state index contributed by atoms with van der Waals surface area (Å²) in [7, 11) is 1.82. The van der Waals surface area contributed by atoms with Crippen LogP contribution in [0.4, 0.5) is 0 Å². The molecule has 0 amide bonds. The molecule has 0 spiro atoms. The van der Waals surface area contributed by atoms with Crippen LogP contribution in [0.1, 0.15) is 18.6 Å². The van der Waals surface area contributed by atoms with Gasteiger partial charge in [0.1, 0.15) is 11.3 Å². The molecule has 1 unspecified atom stereocenters. The second kappa shape index (κ2) is 7.58. The number of para-hydroxylation sites is 1. The first-order valence-electron chi connectivity index (χ1n) is 7.89. The number of thioether (sulfide) groups is 1. The van der Waals surface area contributed by atoms with E-state index < -0.39 is 0 Å². The van der Waals surface area contributed by atoms with Crippen LogP contribution < -0.4 is 10.6 Å². The molecule has 0 radical (unpaired) electrons. The van der Waals surface area contributed by atoms with E-state index in [-0.39, 0.29) is 0 Å². The quantitative estimate of drug-likeness (QED) is 0.657. The fourth-order valence-electron chi connectivity index (χ4n) is 2.70. The Hall–Kier alpha value is -1.62. The van der Waals surface area contributed by atoms with Gasteiger partial charge in [-0.1, -0.05) is 18.2 Å².